The van der Waals surface area contributed by atoms with Crippen molar-refractivity contribution in [1.29, 1.82) is 0 Å². The Kier molecular flexibility index (Phi) is 6.81. The number of halogens is 4. The van der Waals surface area contributed by atoms with Crippen molar-refractivity contribution < 1.29 is 27.8 Å². The van der Waals surface area contributed by atoms with Crippen LogP contribution >= 0.6 is 23.2 Å². The summed E-state index contributed by atoms with van der Waals surface area (Å²) in [5.74, 6) is -3.47. The number of hydrogen-bond acceptors (Lipinski definition) is 6. The first-order valence-electron chi connectivity index (χ1n) is 7.49. The predicted octanol–water partition coefficient (Wildman–Crippen LogP) is 3.22. The lowest BCUT2D eigenvalue weighted by molar-refractivity contribution is -0.139. The minimum atomic E-state index is -1.10. The maximum Gasteiger partial charge on any atom is 0.325 e. The zero-order valence-corrected chi connectivity index (χ0v) is 16.0. The maximum atomic E-state index is 14.6. The van der Waals surface area contributed by atoms with E-state index in [2.05, 4.69) is 20.4 Å². The zero-order valence-electron chi connectivity index (χ0n) is 14.5. The molecule has 0 saturated heterocycles. The smallest absolute Gasteiger partial charge is 0.325 e. The summed E-state index contributed by atoms with van der Waals surface area (Å²) in [6.45, 7) is -0.438. The van der Waals surface area contributed by atoms with Crippen LogP contribution in [-0.4, -0.2) is 37.7 Å². The van der Waals surface area contributed by atoms with Gasteiger partial charge < -0.3 is 20.5 Å². The van der Waals surface area contributed by atoms with E-state index in [1.54, 1.807) is 0 Å². The highest BCUT2D eigenvalue weighted by molar-refractivity contribution is 6.36. The Balaban J connectivity index is 2.46. The summed E-state index contributed by atoms with van der Waals surface area (Å²) < 4.78 is 38.4. The molecular weight excluding hydrogens is 421 g/mol. The summed E-state index contributed by atoms with van der Waals surface area (Å²) in [6, 6.07) is 1.55. The van der Waals surface area contributed by atoms with E-state index >= 15 is 0 Å². The highest BCUT2D eigenvalue weighted by Crippen LogP contribution is 2.39. The van der Waals surface area contributed by atoms with Crippen molar-refractivity contribution in [2.24, 2.45) is 0 Å². The number of methoxy groups -OCH3 is 2. The largest absolute Gasteiger partial charge is 0.492 e. The third-order valence-corrected chi connectivity index (χ3v) is 4.15. The summed E-state index contributed by atoms with van der Waals surface area (Å²) >= 11 is 11.7. The Bertz CT molecular complexity index is 944. The van der Waals surface area contributed by atoms with Crippen LogP contribution in [-0.2, 0) is 9.53 Å². The van der Waals surface area contributed by atoms with Crippen molar-refractivity contribution in [1.82, 2.24) is 10.3 Å². The standard InChI is InChI=1S/C16H14Cl2F2N4O4/c1-27-8(25)5-22-16(26)24-15-9(18)12(21)11(20)13(23-15)6-3-4-7(17)14(28-2)10(6)19/h3-4H,5H2,1-2H3,(H4,21,22,23,24,26). The van der Waals surface area contributed by atoms with Crippen molar-refractivity contribution in [3.63, 3.8) is 0 Å². The molecule has 0 fully saturated rings. The highest BCUT2D eigenvalue weighted by Gasteiger charge is 2.24. The maximum absolute atomic E-state index is 14.6. The fourth-order valence-corrected chi connectivity index (χ4v) is 2.50. The molecule has 0 radical (unpaired) electrons. The number of urea groups is 1. The number of esters is 1. The second-order valence-corrected chi connectivity index (χ2v) is 5.96. The van der Waals surface area contributed by atoms with Gasteiger partial charge in [-0.25, -0.2) is 18.6 Å². The van der Waals surface area contributed by atoms with Crippen molar-refractivity contribution in [3.8, 4) is 17.0 Å². The summed E-state index contributed by atoms with van der Waals surface area (Å²) in [5, 5.41) is 3.93. The number of nitrogen functional groups attached to an aromatic ring is 1. The van der Waals surface area contributed by atoms with E-state index in [0.29, 0.717) is 0 Å². The van der Waals surface area contributed by atoms with Crippen LogP contribution in [0.15, 0.2) is 12.1 Å². The third kappa shape index (κ3) is 4.34. The molecule has 1 heterocycles. The normalized spacial score (nSPS) is 10.4. The lowest BCUT2D eigenvalue weighted by atomic mass is 10.1. The average molecular weight is 435 g/mol. The molecule has 28 heavy (non-hydrogen) atoms. The Morgan fingerprint density at radius 3 is 2.50 bits per heavy atom. The number of hydrogen-bond donors (Lipinski definition) is 3. The van der Waals surface area contributed by atoms with Crippen molar-refractivity contribution in [2.75, 3.05) is 31.8 Å². The Morgan fingerprint density at radius 2 is 1.89 bits per heavy atom. The van der Waals surface area contributed by atoms with E-state index in [1.807, 2.05) is 0 Å². The van der Waals surface area contributed by atoms with E-state index in [-0.39, 0.29) is 22.2 Å². The van der Waals surface area contributed by atoms with Gasteiger partial charge in [0, 0.05) is 5.56 Å². The summed E-state index contributed by atoms with van der Waals surface area (Å²) in [5.41, 5.74) is 4.20. The molecule has 0 saturated carbocycles. The van der Waals surface area contributed by atoms with E-state index in [1.165, 1.54) is 19.2 Å². The van der Waals surface area contributed by atoms with Crippen molar-refractivity contribution >= 4 is 46.7 Å². The molecule has 0 spiro atoms. The van der Waals surface area contributed by atoms with E-state index in [4.69, 9.17) is 33.7 Å². The Labute approximate surface area is 167 Å². The monoisotopic (exact) mass is 434 g/mol. The number of pyridine rings is 1. The molecule has 2 amide bonds. The van der Waals surface area contributed by atoms with Gasteiger partial charge in [0.2, 0.25) is 0 Å². The zero-order chi connectivity index (χ0) is 21.0. The summed E-state index contributed by atoms with van der Waals surface area (Å²) in [4.78, 5) is 26.8. The number of carbonyl (C=O) groups excluding carboxylic acids is 2. The molecule has 4 N–H and O–H groups in total. The van der Waals surface area contributed by atoms with E-state index in [0.717, 1.165) is 7.11 Å². The number of rotatable bonds is 5. The molecule has 1 aromatic heterocycles. The van der Waals surface area contributed by atoms with Crippen LogP contribution in [0.3, 0.4) is 0 Å². The van der Waals surface area contributed by atoms with Crippen LogP contribution in [0.4, 0.5) is 25.1 Å². The first kappa shape index (κ1) is 21.5. The molecule has 12 heteroatoms. The fraction of sp³-hybridized carbons (Fsp3) is 0.188. The topological polar surface area (TPSA) is 116 Å². The second kappa shape index (κ2) is 8.89. The molecule has 1 aromatic carbocycles. The molecule has 0 bridgehead atoms. The van der Waals surface area contributed by atoms with Crippen LogP contribution < -0.4 is 21.1 Å². The van der Waals surface area contributed by atoms with Crippen LogP contribution in [0.5, 0.6) is 5.75 Å². The predicted molar refractivity (Wildman–Crippen MR) is 99.6 cm³/mol. The van der Waals surface area contributed by atoms with Gasteiger partial charge in [0.05, 0.1) is 24.9 Å². The molecule has 2 rings (SSSR count). The number of nitrogens with one attached hydrogen (secondary N) is 2. The molecule has 0 aliphatic heterocycles. The average Bonchev–Trinajstić information content (AvgIpc) is 2.67. The number of nitrogens with zero attached hydrogens (tertiary/aromatic N) is 1. The molecule has 0 aliphatic rings. The van der Waals surface area contributed by atoms with Gasteiger partial charge in [-0.15, -0.1) is 0 Å². The van der Waals surface area contributed by atoms with Crippen molar-refractivity contribution in [2.45, 2.75) is 0 Å². The summed E-state index contributed by atoms with van der Waals surface area (Å²) in [6.07, 6.45) is 0. The van der Waals surface area contributed by atoms with Gasteiger partial charge in [0.1, 0.15) is 17.3 Å². The number of nitrogens with two attached hydrogens (primary N) is 1. The number of amides is 2. The first-order chi connectivity index (χ1) is 13.2. The van der Waals surface area contributed by atoms with Gasteiger partial charge >= 0.3 is 12.0 Å². The minimum Gasteiger partial charge on any atom is -0.492 e. The Hall–Kier alpha value is -2.85. The summed E-state index contributed by atoms with van der Waals surface area (Å²) in [7, 11) is 2.33. The lowest BCUT2D eigenvalue weighted by Crippen LogP contribution is -2.34. The van der Waals surface area contributed by atoms with Gasteiger partial charge in [-0.05, 0) is 12.1 Å². The number of anilines is 2. The molecule has 150 valence electrons. The lowest BCUT2D eigenvalue weighted by Gasteiger charge is -2.14. The molecule has 2 aromatic rings. The van der Waals surface area contributed by atoms with E-state index in [9.17, 15) is 18.4 Å². The van der Waals surface area contributed by atoms with Crippen LogP contribution in [0, 0.1) is 11.6 Å². The molecule has 0 atom stereocenters. The van der Waals surface area contributed by atoms with Gasteiger partial charge in [-0.1, -0.05) is 23.2 Å². The van der Waals surface area contributed by atoms with Gasteiger partial charge in [-0.3, -0.25) is 10.1 Å². The SMILES string of the molecule is COC(=O)CNC(=O)Nc1nc(-c2ccc(Cl)c(OC)c2F)c(F)c(N)c1Cl. The van der Waals surface area contributed by atoms with Gasteiger partial charge in [-0.2, -0.15) is 0 Å². The Morgan fingerprint density at radius 1 is 1.21 bits per heavy atom. The first-order valence-corrected chi connectivity index (χ1v) is 8.25. The molecular formula is C16H14Cl2F2N4O4. The van der Waals surface area contributed by atoms with Crippen molar-refractivity contribution in [3.05, 3.63) is 33.8 Å². The molecule has 0 aliphatic carbocycles. The minimum absolute atomic E-state index is 0.0355. The third-order valence-electron chi connectivity index (χ3n) is 3.47. The molecule has 0 unspecified atom stereocenters. The highest BCUT2D eigenvalue weighted by atomic mass is 35.5. The van der Waals surface area contributed by atoms with Gasteiger partial charge in [0.15, 0.2) is 23.2 Å². The number of aromatic nitrogens is 1. The number of ether oxygens (including phenoxy) is 2. The molecule has 8 nitrogen and oxygen atoms in total. The number of carbonyl (C=O) groups is 2. The van der Waals surface area contributed by atoms with Crippen LogP contribution in [0.2, 0.25) is 10.0 Å². The fourth-order valence-electron chi connectivity index (χ4n) is 2.10. The number of benzene rings is 1. The quantitative estimate of drug-likeness (QED) is 0.622. The van der Waals surface area contributed by atoms with Gasteiger partial charge in [0.25, 0.3) is 0 Å². The van der Waals surface area contributed by atoms with Crippen LogP contribution in [0.1, 0.15) is 0 Å². The second-order valence-electron chi connectivity index (χ2n) is 5.18. The van der Waals surface area contributed by atoms with E-state index < -0.39 is 46.6 Å². The van der Waals surface area contributed by atoms with Crippen LogP contribution in [0.25, 0.3) is 11.3 Å².